The van der Waals surface area contributed by atoms with Crippen LogP contribution in [0.4, 0.5) is 0 Å². The van der Waals surface area contributed by atoms with E-state index >= 15 is 0 Å². The molecule has 4 aliphatic rings. The van der Waals surface area contributed by atoms with E-state index in [2.05, 4.69) is 20.4 Å². The molecule has 4 aliphatic carbocycles. The first-order chi connectivity index (χ1) is 10.4. The number of fused-ring (bicyclic) bond motifs is 5. The second-order valence-electron chi connectivity index (χ2n) is 9.53. The monoisotopic (exact) mass is 302 g/mol. The number of hydrogen-bond acceptors (Lipinski definition) is 1. The molecule has 0 aromatic heterocycles. The Bertz CT molecular complexity index is 471. The van der Waals surface area contributed by atoms with Crippen LogP contribution in [0.2, 0.25) is 0 Å². The lowest BCUT2D eigenvalue weighted by Gasteiger charge is -2.61. The van der Waals surface area contributed by atoms with Crippen LogP contribution in [0.5, 0.6) is 0 Å². The SMILES string of the molecule is C=CC1(O)CC[C@H]2[C@@H]3CCC4CCCC[C@]4(C)[C@@H]3CC[C@@]21C. The smallest absolute Gasteiger partial charge is 0.0881 e. The van der Waals surface area contributed by atoms with Crippen LogP contribution in [0, 0.1) is 34.5 Å². The van der Waals surface area contributed by atoms with Crippen LogP contribution in [0.1, 0.15) is 78.1 Å². The molecule has 4 saturated carbocycles. The van der Waals surface area contributed by atoms with Crippen molar-refractivity contribution in [2.75, 3.05) is 0 Å². The Labute approximate surface area is 136 Å². The zero-order chi connectivity index (χ0) is 15.6. The van der Waals surface area contributed by atoms with Gasteiger partial charge in [0.15, 0.2) is 0 Å². The zero-order valence-corrected chi connectivity index (χ0v) is 14.6. The molecule has 0 amide bonds. The van der Waals surface area contributed by atoms with Crippen molar-refractivity contribution in [1.82, 2.24) is 0 Å². The molecule has 0 aromatic rings. The molecule has 1 heteroatoms. The summed E-state index contributed by atoms with van der Waals surface area (Å²) in [4.78, 5) is 0. The molecule has 7 atom stereocenters. The molecular formula is C21H34O. The summed E-state index contributed by atoms with van der Waals surface area (Å²) in [6.07, 6.45) is 15.4. The van der Waals surface area contributed by atoms with Crippen LogP contribution in [0.25, 0.3) is 0 Å². The minimum Gasteiger partial charge on any atom is -0.385 e. The van der Waals surface area contributed by atoms with Crippen LogP contribution in [0.15, 0.2) is 12.7 Å². The first-order valence-corrected chi connectivity index (χ1v) is 9.81. The quantitative estimate of drug-likeness (QED) is 0.648. The second-order valence-corrected chi connectivity index (χ2v) is 9.53. The molecule has 0 heterocycles. The van der Waals surface area contributed by atoms with E-state index in [9.17, 15) is 5.11 Å². The van der Waals surface area contributed by atoms with Gasteiger partial charge in [0, 0.05) is 5.41 Å². The molecule has 2 unspecified atom stereocenters. The highest BCUT2D eigenvalue weighted by atomic mass is 16.3. The summed E-state index contributed by atoms with van der Waals surface area (Å²) >= 11 is 0. The van der Waals surface area contributed by atoms with E-state index in [1.165, 1.54) is 57.8 Å². The van der Waals surface area contributed by atoms with Gasteiger partial charge in [0.25, 0.3) is 0 Å². The van der Waals surface area contributed by atoms with E-state index in [4.69, 9.17) is 0 Å². The van der Waals surface area contributed by atoms with Crippen molar-refractivity contribution >= 4 is 0 Å². The third-order valence-electron chi connectivity index (χ3n) is 9.14. The van der Waals surface area contributed by atoms with Gasteiger partial charge < -0.3 is 5.11 Å². The lowest BCUT2D eigenvalue weighted by Crippen LogP contribution is -2.55. The molecule has 0 bridgehead atoms. The van der Waals surface area contributed by atoms with Crippen molar-refractivity contribution in [3.05, 3.63) is 12.7 Å². The highest BCUT2D eigenvalue weighted by molar-refractivity contribution is 5.18. The minimum absolute atomic E-state index is 0.0911. The average molecular weight is 303 g/mol. The largest absolute Gasteiger partial charge is 0.385 e. The van der Waals surface area contributed by atoms with Crippen LogP contribution >= 0.6 is 0 Å². The summed E-state index contributed by atoms with van der Waals surface area (Å²) in [7, 11) is 0. The first-order valence-electron chi connectivity index (χ1n) is 9.81. The lowest BCUT2D eigenvalue weighted by molar-refractivity contribution is -0.137. The third-order valence-corrected chi connectivity index (χ3v) is 9.14. The van der Waals surface area contributed by atoms with E-state index in [0.29, 0.717) is 5.41 Å². The van der Waals surface area contributed by atoms with Crippen molar-refractivity contribution in [3.8, 4) is 0 Å². The number of hydrogen-bond donors (Lipinski definition) is 1. The van der Waals surface area contributed by atoms with Crippen molar-refractivity contribution in [2.45, 2.75) is 83.7 Å². The fourth-order valence-corrected chi connectivity index (χ4v) is 7.68. The molecule has 0 aliphatic heterocycles. The van der Waals surface area contributed by atoms with Crippen molar-refractivity contribution < 1.29 is 5.11 Å². The molecule has 124 valence electrons. The standard InChI is InChI=1S/C21H34O/c1-4-21(22)14-11-18-16-9-8-15-7-5-6-12-19(15,2)17(16)10-13-20(18,21)3/h4,15-18,22H,1,5-14H2,2-3H3/t15?,16-,17-,18+,19+,20+,21?/m1/s1. The Morgan fingerprint density at radius 1 is 0.909 bits per heavy atom. The van der Waals surface area contributed by atoms with Gasteiger partial charge in [0.1, 0.15) is 0 Å². The van der Waals surface area contributed by atoms with E-state index in [1.54, 1.807) is 0 Å². The topological polar surface area (TPSA) is 20.2 Å². The summed E-state index contributed by atoms with van der Waals surface area (Å²) in [5, 5.41) is 11.1. The van der Waals surface area contributed by atoms with E-state index < -0.39 is 5.60 Å². The van der Waals surface area contributed by atoms with Gasteiger partial charge in [-0.25, -0.2) is 0 Å². The van der Waals surface area contributed by atoms with Crippen molar-refractivity contribution in [1.29, 1.82) is 0 Å². The normalized spacial score (nSPS) is 57.6. The Hall–Kier alpha value is -0.300. The predicted molar refractivity (Wildman–Crippen MR) is 91.5 cm³/mol. The van der Waals surface area contributed by atoms with E-state index in [0.717, 1.165) is 30.1 Å². The summed E-state index contributed by atoms with van der Waals surface area (Å²) in [5.41, 5.74) is 0.0954. The highest BCUT2D eigenvalue weighted by Crippen LogP contribution is 2.68. The molecule has 0 saturated heterocycles. The lowest BCUT2D eigenvalue weighted by atomic mass is 9.44. The maximum atomic E-state index is 11.1. The van der Waals surface area contributed by atoms with Crippen LogP contribution in [-0.2, 0) is 0 Å². The van der Waals surface area contributed by atoms with Crippen LogP contribution in [0.3, 0.4) is 0 Å². The van der Waals surface area contributed by atoms with Crippen LogP contribution < -0.4 is 0 Å². The molecule has 4 fully saturated rings. The Morgan fingerprint density at radius 2 is 1.68 bits per heavy atom. The maximum Gasteiger partial charge on any atom is 0.0881 e. The molecule has 22 heavy (non-hydrogen) atoms. The molecule has 1 N–H and O–H groups in total. The van der Waals surface area contributed by atoms with Gasteiger partial charge >= 0.3 is 0 Å². The van der Waals surface area contributed by atoms with E-state index in [1.807, 2.05) is 6.08 Å². The van der Waals surface area contributed by atoms with Gasteiger partial charge in [-0.15, -0.1) is 6.58 Å². The van der Waals surface area contributed by atoms with Gasteiger partial charge in [0.2, 0.25) is 0 Å². The van der Waals surface area contributed by atoms with Gasteiger partial charge in [-0.3, -0.25) is 0 Å². The van der Waals surface area contributed by atoms with Crippen LogP contribution in [-0.4, -0.2) is 10.7 Å². The summed E-state index contributed by atoms with van der Waals surface area (Å²) in [6.45, 7) is 8.99. The molecule has 4 rings (SSSR count). The van der Waals surface area contributed by atoms with Crippen molar-refractivity contribution in [3.63, 3.8) is 0 Å². The Kier molecular flexibility index (Phi) is 3.36. The molecule has 0 radical (unpaired) electrons. The maximum absolute atomic E-state index is 11.1. The fraction of sp³-hybridized carbons (Fsp3) is 0.905. The van der Waals surface area contributed by atoms with E-state index in [-0.39, 0.29) is 5.41 Å². The number of rotatable bonds is 1. The number of aliphatic hydroxyl groups is 1. The Balaban J connectivity index is 1.66. The zero-order valence-electron chi connectivity index (χ0n) is 14.6. The third kappa shape index (κ3) is 1.75. The van der Waals surface area contributed by atoms with Crippen molar-refractivity contribution in [2.24, 2.45) is 34.5 Å². The first kappa shape index (κ1) is 15.2. The molecule has 1 nitrogen and oxygen atoms in total. The predicted octanol–water partition coefficient (Wildman–Crippen LogP) is 5.34. The summed E-state index contributed by atoms with van der Waals surface area (Å²) < 4.78 is 0. The van der Waals surface area contributed by atoms with Gasteiger partial charge in [-0.05, 0) is 80.5 Å². The van der Waals surface area contributed by atoms with Gasteiger partial charge in [-0.1, -0.05) is 32.8 Å². The summed E-state index contributed by atoms with van der Waals surface area (Å²) in [5.74, 6) is 3.52. The molecule has 0 spiro atoms. The highest BCUT2D eigenvalue weighted by Gasteiger charge is 2.63. The minimum atomic E-state index is -0.604. The van der Waals surface area contributed by atoms with Gasteiger partial charge in [0.05, 0.1) is 5.60 Å². The van der Waals surface area contributed by atoms with Gasteiger partial charge in [-0.2, -0.15) is 0 Å². The molecular weight excluding hydrogens is 268 g/mol. The Morgan fingerprint density at radius 3 is 2.45 bits per heavy atom. The summed E-state index contributed by atoms with van der Waals surface area (Å²) in [6, 6.07) is 0. The fourth-order valence-electron chi connectivity index (χ4n) is 7.68. The molecule has 0 aromatic carbocycles. The second kappa shape index (κ2) is 4.85. The average Bonchev–Trinajstić information content (AvgIpc) is 2.79.